The van der Waals surface area contributed by atoms with Crippen LogP contribution in [0.1, 0.15) is 20.3 Å². The number of hydrogen-bond donors (Lipinski definition) is 2. The Hall–Kier alpha value is -1.10. The van der Waals surface area contributed by atoms with Gasteiger partial charge in [-0.3, -0.25) is 9.59 Å². The van der Waals surface area contributed by atoms with Gasteiger partial charge in [-0.05, 0) is 12.3 Å². The molecule has 0 spiro atoms. The number of carboxylic acids is 1. The van der Waals surface area contributed by atoms with E-state index in [-0.39, 0.29) is 11.8 Å². The molecule has 86 valence electrons. The van der Waals surface area contributed by atoms with Crippen molar-refractivity contribution in [3.8, 4) is 0 Å². The highest BCUT2D eigenvalue weighted by Crippen LogP contribution is 2.23. The van der Waals surface area contributed by atoms with E-state index in [1.807, 2.05) is 13.8 Å². The van der Waals surface area contributed by atoms with Gasteiger partial charge < -0.3 is 15.7 Å². The van der Waals surface area contributed by atoms with Gasteiger partial charge in [-0.15, -0.1) is 0 Å². The lowest BCUT2D eigenvalue weighted by atomic mass is 9.99. The van der Waals surface area contributed by atoms with Crippen molar-refractivity contribution in [2.24, 2.45) is 17.6 Å². The molecular formula is C10H18N2O3. The summed E-state index contributed by atoms with van der Waals surface area (Å²) in [7, 11) is 0. The number of carbonyl (C=O) groups is 2. The lowest BCUT2D eigenvalue weighted by Crippen LogP contribution is -2.42. The zero-order chi connectivity index (χ0) is 11.6. The van der Waals surface area contributed by atoms with Crippen molar-refractivity contribution in [3.63, 3.8) is 0 Å². The largest absolute Gasteiger partial charge is 0.481 e. The maximum atomic E-state index is 11.7. The summed E-state index contributed by atoms with van der Waals surface area (Å²) in [6, 6.07) is -0.496. The SMILES string of the molecule is CC[C@@H](N)C(=O)N1CC(C)C(C(=O)O)C1. The third-order valence-corrected chi connectivity index (χ3v) is 3.00. The predicted molar refractivity (Wildman–Crippen MR) is 55.1 cm³/mol. The number of likely N-dealkylation sites (tertiary alicyclic amines) is 1. The molecule has 5 nitrogen and oxygen atoms in total. The topological polar surface area (TPSA) is 83.6 Å². The zero-order valence-corrected chi connectivity index (χ0v) is 9.14. The molecule has 1 rings (SSSR count). The highest BCUT2D eigenvalue weighted by molar-refractivity contribution is 5.83. The summed E-state index contributed by atoms with van der Waals surface area (Å²) in [6.45, 7) is 4.49. The fourth-order valence-corrected chi connectivity index (χ4v) is 1.88. The zero-order valence-electron chi connectivity index (χ0n) is 9.14. The van der Waals surface area contributed by atoms with Gasteiger partial charge in [-0.2, -0.15) is 0 Å². The van der Waals surface area contributed by atoms with E-state index in [4.69, 9.17) is 10.8 Å². The molecule has 1 heterocycles. The molecule has 0 aliphatic carbocycles. The van der Waals surface area contributed by atoms with Crippen molar-refractivity contribution < 1.29 is 14.7 Å². The first kappa shape index (κ1) is 12.0. The van der Waals surface area contributed by atoms with Crippen LogP contribution < -0.4 is 5.73 Å². The maximum absolute atomic E-state index is 11.7. The van der Waals surface area contributed by atoms with E-state index in [1.165, 1.54) is 0 Å². The second-order valence-corrected chi connectivity index (χ2v) is 4.18. The predicted octanol–water partition coefficient (Wildman–Crippen LogP) is -0.0972. The maximum Gasteiger partial charge on any atom is 0.308 e. The normalized spacial score (nSPS) is 27.8. The van der Waals surface area contributed by atoms with Crippen LogP contribution in [0.15, 0.2) is 0 Å². The third kappa shape index (κ3) is 2.47. The first-order valence-corrected chi connectivity index (χ1v) is 5.24. The van der Waals surface area contributed by atoms with Crippen molar-refractivity contribution in [2.45, 2.75) is 26.3 Å². The van der Waals surface area contributed by atoms with Crippen molar-refractivity contribution >= 4 is 11.9 Å². The number of aliphatic carboxylic acids is 1. The Labute approximate surface area is 89.2 Å². The molecule has 0 bridgehead atoms. The molecular weight excluding hydrogens is 196 g/mol. The average molecular weight is 214 g/mol. The Kier molecular flexibility index (Phi) is 3.68. The Morgan fingerprint density at radius 1 is 1.53 bits per heavy atom. The molecule has 1 fully saturated rings. The molecule has 15 heavy (non-hydrogen) atoms. The van der Waals surface area contributed by atoms with E-state index >= 15 is 0 Å². The van der Waals surface area contributed by atoms with Crippen LogP contribution in [0.4, 0.5) is 0 Å². The monoisotopic (exact) mass is 214 g/mol. The Bertz CT molecular complexity index is 267. The fourth-order valence-electron chi connectivity index (χ4n) is 1.88. The van der Waals surface area contributed by atoms with Crippen molar-refractivity contribution in [2.75, 3.05) is 13.1 Å². The highest BCUT2D eigenvalue weighted by Gasteiger charge is 2.37. The van der Waals surface area contributed by atoms with E-state index in [1.54, 1.807) is 4.90 Å². The van der Waals surface area contributed by atoms with Gasteiger partial charge in [0.05, 0.1) is 12.0 Å². The highest BCUT2D eigenvalue weighted by atomic mass is 16.4. The number of hydrogen-bond acceptors (Lipinski definition) is 3. The van der Waals surface area contributed by atoms with E-state index in [0.717, 1.165) is 0 Å². The van der Waals surface area contributed by atoms with Crippen LogP contribution in [-0.4, -0.2) is 41.0 Å². The second kappa shape index (κ2) is 4.61. The van der Waals surface area contributed by atoms with Crippen LogP contribution in [0.5, 0.6) is 0 Å². The number of carbonyl (C=O) groups excluding carboxylic acids is 1. The summed E-state index contributed by atoms with van der Waals surface area (Å²) in [6.07, 6.45) is 0.585. The molecule has 1 saturated heterocycles. The van der Waals surface area contributed by atoms with Gasteiger partial charge >= 0.3 is 5.97 Å². The van der Waals surface area contributed by atoms with Crippen molar-refractivity contribution in [1.29, 1.82) is 0 Å². The van der Waals surface area contributed by atoms with Crippen LogP contribution in [0.3, 0.4) is 0 Å². The number of nitrogens with zero attached hydrogens (tertiary/aromatic N) is 1. The van der Waals surface area contributed by atoms with E-state index < -0.39 is 17.9 Å². The van der Waals surface area contributed by atoms with Crippen LogP contribution in [0.2, 0.25) is 0 Å². The quantitative estimate of drug-likeness (QED) is 0.687. The van der Waals surface area contributed by atoms with Crippen LogP contribution in [0.25, 0.3) is 0 Å². The first-order valence-electron chi connectivity index (χ1n) is 5.24. The smallest absolute Gasteiger partial charge is 0.308 e. The molecule has 0 aromatic carbocycles. The molecule has 0 saturated carbocycles. The van der Waals surface area contributed by atoms with Gasteiger partial charge in [0, 0.05) is 13.1 Å². The van der Waals surface area contributed by atoms with Gasteiger partial charge in [0.15, 0.2) is 0 Å². The molecule has 0 radical (unpaired) electrons. The van der Waals surface area contributed by atoms with E-state index in [0.29, 0.717) is 19.5 Å². The van der Waals surface area contributed by atoms with Crippen LogP contribution in [-0.2, 0) is 9.59 Å². The molecule has 0 aromatic heterocycles. The summed E-state index contributed by atoms with van der Waals surface area (Å²) in [5.41, 5.74) is 5.62. The Balaban J connectivity index is 2.62. The second-order valence-electron chi connectivity index (χ2n) is 4.18. The molecule has 0 aromatic rings. The summed E-state index contributed by atoms with van der Waals surface area (Å²) in [5.74, 6) is -1.40. The number of nitrogens with two attached hydrogens (primary N) is 1. The first-order chi connectivity index (χ1) is 6.97. The van der Waals surface area contributed by atoms with Gasteiger partial charge in [0.25, 0.3) is 0 Å². The minimum atomic E-state index is -0.831. The minimum Gasteiger partial charge on any atom is -0.481 e. The Morgan fingerprint density at radius 3 is 2.53 bits per heavy atom. The molecule has 1 amide bonds. The molecule has 1 aliphatic heterocycles. The molecule has 5 heteroatoms. The van der Waals surface area contributed by atoms with Gasteiger partial charge in [-0.1, -0.05) is 13.8 Å². The average Bonchev–Trinajstić information content (AvgIpc) is 2.58. The van der Waals surface area contributed by atoms with Gasteiger partial charge in [0.1, 0.15) is 0 Å². The van der Waals surface area contributed by atoms with Crippen LogP contribution in [0, 0.1) is 11.8 Å². The fraction of sp³-hybridized carbons (Fsp3) is 0.800. The summed E-state index contributed by atoms with van der Waals surface area (Å²) in [4.78, 5) is 24.1. The van der Waals surface area contributed by atoms with E-state index in [9.17, 15) is 9.59 Å². The number of amides is 1. The Morgan fingerprint density at radius 2 is 2.13 bits per heavy atom. The van der Waals surface area contributed by atoms with Gasteiger partial charge in [0.2, 0.25) is 5.91 Å². The molecule has 2 unspecified atom stereocenters. The third-order valence-electron chi connectivity index (χ3n) is 3.00. The standard InChI is InChI=1S/C10H18N2O3/c1-3-8(11)9(13)12-4-6(2)7(5-12)10(14)15/h6-8H,3-5,11H2,1-2H3,(H,14,15)/t6?,7?,8-/m1/s1. The van der Waals surface area contributed by atoms with Gasteiger partial charge in [-0.25, -0.2) is 0 Å². The summed E-state index contributed by atoms with van der Waals surface area (Å²) < 4.78 is 0. The number of carboxylic acid groups (broad SMARTS) is 1. The number of rotatable bonds is 3. The van der Waals surface area contributed by atoms with Crippen LogP contribution >= 0.6 is 0 Å². The van der Waals surface area contributed by atoms with E-state index in [2.05, 4.69) is 0 Å². The molecule has 1 aliphatic rings. The summed E-state index contributed by atoms with van der Waals surface area (Å²) >= 11 is 0. The lowest BCUT2D eigenvalue weighted by Gasteiger charge is -2.19. The minimum absolute atomic E-state index is 0.00973. The molecule has 3 N–H and O–H groups in total. The molecule has 3 atom stereocenters. The van der Waals surface area contributed by atoms with Crippen molar-refractivity contribution in [3.05, 3.63) is 0 Å². The van der Waals surface area contributed by atoms with Crippen molar-refractivity contribution in [1.82, 2.24) is 4.90 Å². The lowest BCUT2D eigenvalue weighted by molar-refractivity contribution is -0.142. The summed E-state index contributed by atoms with van der Waals surface area (Å²) in [5, 5.41) is 8.91.